The van der Waals surface area contributed by atoms with Gasteiger partial charge in [0.25, 0.3) is 5.91 Å². The van der Waals surface area contributed by atoms with Gasteiger partial charge in [-0.3, -0.25) is 24.1 Å². The quantitative estimate of drug-likeness (QED) is 0.121. The van der Waals surface area contributed by atoms with Crippen molar-refractivity contribution in [1.82, 2.24) is 4.90 Å². The number of amides is 1. The van der Waals surface area contributed by atoms with Gasteiger partial charge in [-0.25, -0.2) is 0 Å². The number of phenolic OH excluding ortho intramolecular Hbond substituents is 1. The van der Waals surface area contributed by atoms with Crippen LogP contribution >= 0.6 is 0 Å². The molecule has 0 bridgehead atoms. The van der Waals surface area contributed by atoms with E-state index in [1.54, 1.807) is 45.2 Å². The Kier molecular flexibility index (Phi) is 8.25. The number of nitrogens with zero attached hydrogens (tertiary/aromatic N) is 2. The Bertz CT molecular complexity index is 1440. The standard InChI is InChI=1S/C30H37N3O9/c1-6-7-10-42-19(34)9-8-14-13-18(32(2)3)16-11-15-12-17-23(33(4)5)26(37)22(29(31)40)28(39)30(17,41)27(38)20(15)25(36)21(16)24(14)35/h6,13,15,17,23,35-36,39,41H,1,7-12H2,2-5H3,(H2,31,40)/t15-,17-,23-,30-/m0/s1. The number of hydrogen-bond acceptors (Lipinski definition) is 11. The monoisotopic (exact) mass is 583 g/mol. The van der Waals surface area contributed by atoms with Crippen molar-refractivity contribution >= 4 is 34.9 Å². The van der Waals surface area contributed by atoms with Crippen molar-refractivity contribution in [3.63, 3.8) is 0 Å². The van der Waals surface area contributed by atoms with E-state index in [9.17, 15) is 39.6 Å². The van der Waals surface area contributed by atoms with Crippen LogP contribution in [0.5, 0.6) is 5.75 Å². The van der Waals surface area contributed by atoms with Crippen molar-refractivity contribution in [2.24, 2.45) is 17.6 Å². The number of fused-ring (bicyclic) bond motifs is 3. The summed E-state index contributed by atoms with van der Waals surface area (Å²) in [5, 5.41) is 45.6. The van der Waals surface area contributed by atoms with Gasteiger partial charge < -0.3 is 35.8 Å². The van der Waals surface area contributed by atoms with Gasteiger partial charge in [0.2, 0.25) is 5.78 Å². The number of anilines is 1. The van der Waals surface area contributed by atoms with Gasteiger partial charge in [-0.05, 0) is 62.9 Å². The predicted octanol–water partition coefficient (Wildman–Crippen LogP) is 1.08. The molecule has 4 rings (SSSR count). The third-order valence-electron chi connectivity index (χ3n) is 8.44. The molecule has 0 radical (unpaired) electrons. The summed E-state index contributed by atoms with van der Waals surface area (Å²) in [6.07, 6.45) is 2.32. The Morgan fingerprint density at radius 1 is 1.19 bits per heavy atom. The fraction of sp³-hybridized carbons (Fsp3) is 0.467. The van der Waals surface area contributed by atoms with Crippen LogP contribution in [0.1, 0.15) is 36.0 Å². The Balaban J connectivity index is 1.85. The van der Waals surface area contributed by atoms with Crippen LogP contribution in [0.15, 0.2) is 35.6 Å². The van der Waals surface area contributed by atoms with Crippen LogP contribution in [0.2, 0.25) is 0 Å². The number of aryl methyl sites for hydroxylation is 1. The third kappa shape index (κ3) is 4.74. The van der Waals surface area contributed by atoms with Crippen LogP contribution in [-0.4, -0.2) is 95.2 Å². The number of aliphatic hydroxyl groups excluding tert-OH is 2. The molecule has 3 aliphatic carbocycles. The van der Waals surface area contributed by atoms with E-state index in [2.05, 4.69) is 6.58 Å². The highest BCUT2D eigenvalue weighted by Gasteiger charge is 2.64. The summed E-state index contributed by atoms with van der Waals surface area (Å²) in [4.78, 5) is 54.9. The Labute approximate surface area is 243 Å². The van der Waals surface area contributed by atoms with Crippen LogP contribution in [0.4, 0.5) is 5.69 Å². The van der Waals surface area contributed by atoms with Crippen LogP contribution in [0, 0.1) is 11.8 Å². The molecular weight excluding hydrogens is 546 g/mol. The summed E-state index contributed by atoms with van der Waals surface area (Å²) in [6, 6.07) is 0.558. The first-order valence-electron chi connectivity index (χ1n) is 13.6. The number of ether oxygens (including phenoxy) is 1. The van der Waals surface area contributed by atoms with E-state index >= 15 is 0 Å². The van der Waals surface area contributed by atoms with Crippen molar-refractivity contribution in [2.45, 2.75) is 43.7 Å². The van der Waals surface area contributed by atoms with Gasteiger partial charge in [0.05, 0.1) is 18.2 Å². The normalized spacial score (nSPS) is 25.1. The summed E-state index contributed by atoms with van der Waals surface area (Å²) in [7, 11) is 6.65. The molecule has 4 atom stereocenters. The molecule has 0 aliphatic heterocycles. The van der Waals surface area contributed by atoms with Crippen molar-refractivity contribution in [3.05, 3.63) is 52.3 Å². The smallest absolute Gasteiger partial charge is 0.306 e. The number of carbonyl (C=O) groups excluding carboxylic acids is 4. The summed E-state index contributed by atoms with van der Waals surface area (Å²) in [5.41, 5.74) is 3.05. The fourth-order valence-electron chi connectivity index (χ4n) is 6.50. The zero-order valence-corrected chi connectivity index (χ0v) is 24.1. The molecule has 1 saturated carbocycles. The maximum absolute atomic E-state index is 14.0. The first-order valence-corrected chi connectivity index (χ1v) is 13.6. The Hall–Kier alpha value is -4.16. The second-order valence-corrected chi connectivity index (χ2v) is 11.4. The number of esters is 1. The van der Waals surface area contributed by atoms with E-state index in [-0.39, 0.29) is 49.2 Å². The lowest BCUT2D eigenvalue weighted by atomic mass is 9.57. The van der Waals surface area contributed by atoms with Gasteiger partial charge in [0.1, 0.15) is 22.8 Å². The number of benzene rings is 1. The molecule has 12 heteroatoms. The maximum Gasteiger partial charge on any atom is 0.306 e. The highest BCUT2D eigenvalue weighted by Crippen LogP contribution is 2.54. The predicted molar refractivity (Wildman–Crippen MR) is 153 cm³/mol. The average molecular weight is 584 g/mol. The number of rotatable bonds is 9. The molecule has 0 aromatic heterocycles. The highest BCUT2D eigenvalue weighted by molar-refractivity contribution is 6.24. The Morgan fingerprint density at radius 2 is 1.86 bits per heavy atom. The molecule has 1 fully saturated rings. The van der Waals surface area contributed by atoms with E-state index in [1.165, 1.54) is 4.90 Å². The molecular formula is C30H37N3O9. The molecule has 1 aromatic carbocycles. The molecule has 6 N–H and O–H groups in total. The zero-order chi connectivity index (χ0) is 31.3. The summed E-state index contributed by atoms with van der Waals surface area (Å²) in [5.74, 6) is -7.54. The maximum atomic E-state index is 14.0. The minimum Gasteiger partial charge on any atom is -0.508 e. The molecule has 0 heterocycles. The minimum atomic E-state index is -2.71. The summed E-state index contributed by atoms with van der Waals surface area (Å²) < 4.78 is 5.15. The summed E-state index contributed by atoms with van der Waals surface area (Å²) in [6.45, 7) is 3.76. The number of primary amides is 1. The van der Waals surface area contributed by atoms with Crippen molar-refractivity contribution < 1.29 is 44.3 Å². The number of aliphatic hydroxyl groups is 3. The van der Waals surface area contributed by atoms with E-state index in [0.717, 1.165) is 0 Å². The molecule has 42 heavy (non-hydrogen) atoms. The number of Topliss-reactive ketones (excluding diaryl/α,β-unsaturated/α-hetero) is 2. The molecule has 1 amide bonds. The molecule has 0 saturated heterocycles. The number of aromatic hydroxyl groups is 1. The van der Waals surface area contributed by atoms with Crippen molar-refractivity contribution in [2.75, 3.05) is 39.7 Å². The number of likely N-dealkylation sites (N-methyl/N-ethyl adjacent to an activating group) is 1. The Morgan fingerprint density at radius 3 is 2.43 bits per heavy atom. The third-order valence-corrected chi connectivity index (χ3v) is 8.44. The van der Waals surface area contributed by atoms with Crippen molar-refractivity contribution in [3.8, 4) is 5.75 Å². The molecule has 12 nitrogen and oxygen atoms in total. The van der Waals surface area contributed by atoms with Gasteiger partial charge >= 0.3 is 5.97 Å². The minimum absolute atomic E-state index is 0.00229. The lowest BCUT2D eigenvalue weighted by Crippen LogP contribution is -2.65. The number of ketones is 2. The summed E-state index contributed by atoms with van der Waals surface area (Å²) >= 11 is 0. The first kappa shape index (κ1) is 30.8. The molecule has 1 aromatic rings. The van der Waals surface area contributed by atoms with Crippen LogP contribution < -0.4 is 10.6 Å². The van der Waals surface area contributed by atoms with Crippen molar-refractivity contribution in [1.29, 1.82) is 0 Å². The lowest BCUT2D eigenvalue weighted by molar-refractivity contribution is -0.153. The number of carbonyl (C=O) groups is 4. The number of nitrogens with two attached hydrogens (primary N) is 1. The van der Waals surface area contributed by atoms with Crippen LogP contribution in [0.3, 0.4) is 0 Å². The van der Waals surface area contributed by atoms with Gasteiger partial charge in [-0.15, -0.1) is 6.58 Å². The first-order chi connectivity index (χ1) is 19.7. The molecule has 3 aliphatic rings. The average Bonchev–Trinajstić information content (AvgIpc) is 2.89. The number of hydrogen-bond donors (Lipinski definition) is 5. The SMILES string of the molecule is C=CCCOC(=O)CCc1cc(N(C)C)c2c(c1O)C(O)=C1C(=O)[C@]3(O)C(O)=C(C(N)=O)C(=O)[C@@H](N(C)C)[C@@H]3C[C@@H]1C2. The molecule has 226 valence electrons. The highest BCUT2D eigenvalue weighted by atomic mass is 16.5. The van der Waals surface area contributed by atoms with E-state index in [0.29, 0.717) is 23.2 Å². The van der Waals surface area contributed by atoms with Gasteiger partial charge in [-0.1, -0.05) is 6.08 Å². The second kappa shape index (κ2) is 11.3. The van der Waals surface area contributed by atoms with Gasteiger partial charge in [0, 0.05) is 37.7 Å². The van der Waals surface area contributed by atoms with E-state index in [1.807, 2.05) is 0 Å². The largest absolute Gasteiger partial charge is 0.508 e. The fourth-order valence-corrected chi connectivity index (χ4v) is 6.50. The molecule has 0 unspecified atom stereocenters. The number of phenols is 1. The van der Waals surface area contributed by atoms with E-state index in [4.69, 9.17) is 10.5 Å². The zero-order valence-electron chi connectivity index (χ0n) is 24.1. The second-order valence-electron chi connectivity index (χ2n) is 11.4. The van der Waals surface area contributed by atoms with Crippen LogP contribution in [0.25, 0.3) is 5.76 Å². The van der Waals surface area contributed by atoms with Gasteiger partial charge in [-0.2, -0.15) is 0 Å². The lowest BCUT2D eigenvalue weighted by Gasteiger charge is -2.50. The molecule has 0 spiro atoms. The topological polar surface area (TPSA) is 191 Å². The van der Waals surface area contributed by atoms with Gasteiger partial charge in [0.15, 0.2) is 11.4 Å². The van der Waals surface area contributed by atoms with Crippen LogP contribution in [-0.2, 0) is 36.8 Å². The van der Waals surface area contributed by atoms with E-state index < -0.39 is 64.0 Å².